The number of hydrogen-bond donors (Lipinski definition) is 2. The fourth-order valence-electron chi connectivity index (χ4n) is 10.6. The van der Waals surface area contributed by atoms with Crippen LogP contribution in [0.1, 0.15) is 126 Å². The molecule has 5 aromatic carbocycles. The number of nitrogens with two attached hydrogens (primary N) is 1. The third kappa shape index (κ3) is 16.1. The first-order valence-electron chi connectivity index (χ1n) is 28.2. The van der Waals surface area contributed by atoms with E-state index >= 15 is 0 Å². The number of amides is 1. The van der Waals surface area contributed by atoms with E-state index in [2.05, 4.69) is 23.1 Å². The van der Waals surface area contributed by atoms with Crippen molar-refractivity contribution in [2.45, 2.75) is 116 Å². The molecule has 5 atom stereocenters. The Kier molecular flexibility index (Phi) is 20.2. The van der Waals surface area contributed by atoms with E-state index in [4.69, 9.17) is 38.9 Å². The van der Waals surface area contributed by atoms with Crippen LogP contribution in [-0.4, -0.2) is 121 Å². The van der Waals surface area contributed by atoms with Crippen LogP contribution < -0.4 is 5.73 Å². The highest BCUT2D eigenvalue weighted by Crippen LogP contribution is 2.40. The molecule has 1 spiro atoms. The van der Waals surface area contributed by atoms with Crippen molar-refractivity contribution in [1.82, 2.24) is 9.80 Å². The van der Waals surface area contributed by atoms with Gasteiger partial charge < -0.3 is 48.7 Å². The summed E-state index contributed by atoms with van der Waals surface area (Å²) in [5.41, 5.74) is 10.7. The van der Waals surface area contributed by atoms with Crippen LogP contribution in [0.5, 0.6) is 0 Å². The number of allylic oxidation sites excluding steroid dienone is 1. The number of benzene rings is 5. The predicted octanol–water partition coefficient (Wildman–Crippen LogP) is 11.4. The molecule has 0 radical (unpaired) electrons. The first-order chi connectivity index (χ1) is 39.3. The lowest BCUT2D eigenvalue weighted by molar-refractivity contribution is -0.279. The second-order valence-corrected chi connectivity index (χ2v) is 22.7. The van der Waals surface area contributed by atoms with Gasteiger partial charge in [0, 0.05) is 45.3 Å². The Bertz CT molecular complexity index is 3070. The molecule has 0 aliphatic carbocycles. The highest BCUT2D eigenvalue weighted by atomic mass is 16.7. The van der Waals surface area contributed by atoms with Gasteiger partial charge in [-0.3, -0.25) is 5.41 Å². The molecule has 0 bridgehead atoms. The van der Waals surface area contributed by atoms with E-state index in [-0.39, 0.29) is 47.5 Å². The van der Waals surface area contributed by atoms with Gasteiger partial charge in [-0.25, -0.2) is 24.0 Å². The van der Waals surface area contributed by atoms with E-state index in [1.807, 2.05) is 58.6 Å². The third-order valence-electron chi connectivity index (χ3n) is 15.1. The van der Waals surface area contributed by atoms with Crippen LogP contribution in [0.2, 0.25) is 0 Å². The van der Waals surface area contributed by atoms with E-state index in [0.29, 0.717) is 11.3 Å². The van der Waals surface area contributed by atoms with Crippen LogP contribution in [0.15, 0.2) is 157 Å². The Morgan fingerprint density at radius 1 is 0.707 bits per heavy atom. The smallest absolute Gasteiger partial charge is 0.410 e. The minimum atomic E-state index is -1.75. The summed E-state index contributed by atoms with van der Waals surface area (Å²) in [7, 11) is 0. The molecule has 0 unspecified atom stereocenters. The number of carbonyl (C=O) groups excluding carboxylic acids is 5. The lowest BCUT2D eigenvalue weighted by Gasteiger charge is -2.47. The summed E-state index contributed by atoms with van der Waals surface area (Å²) in [6.45, 7) is 15.4. The summed E-state index contributed by atoms with van der Waals surface area (Å²) < 4.78 is 43.3. The molecule has 3 saturated heterocycles. The molecular formula is C66H78N4O12. The number of nitrogens with zero attached hydrogens (tertiary/aromatic N) is 2. The van der Waals surface area contributed by atoms with E-state index in [9.17, 15) is 29.4 Å². The number of esters is 4. The maximum Gasteiger partial charge on any atom is 0.410 e. The summed E-state index contributed by atoms with van der Waals surface area (Å²) in [4.78, 5) is 73.2. The molecule has 8 rings (SSSR count). The second kappa shape index (κ2) is 27.6. The summed E-state index contributed by atoms with van der Waals surface area (Å²) in [6.07, 6.45) is 1.19. The minimum absolute atomic E-state index is 0. The Labute approximate surface area is 482 Å². The SMILES string of the molecule is Cc1cc(/C=C/CCN2CCCC3(CCN(C(=O)OC(C)(C)C)CC3)C2)ccc1C/C(C(=N)O[C@@H]1O[C@H](COC(=O)c2ccccc2)[C@@H](OC(=O)c2ccccc2)[C@H](OC(=O)c2ccccc2)[C@H]1OC(=O)c1ccccc1)=C(/N)C(C)C.[HH]. The summed E-state index contributed by atoms with van der Waals surface area (Å²) in [6, 6.07) is 38.6. The van der Waals surface area contributed by atoms with Gasteiger partial charge in [0.15, 0.2) is 12.2 Å². The maximum absolute atomic E-state index is 14.2. The number of piperidine rings is 2. The molecule has 3 heterocycles. The molecule has 434 valence electrons. The molecule has 5 aromatic rings. The molecule has 0 saturated carbocycles. The molecule has 1 amide bonds. The Morgan fingerprint density at radius 2 is 1.23 bits per heavy atom. The third-order valence-corrected chi connectivity index (χ3v) is 15.1. The standard InChI is InChI=1S/C66H76N4O12.H2/c1-44(2)54(67)52(41-51-32-31-46(40-45(51)3)22-19-20-36-69-37-21-33-66(43-69)34-38-70(39-35-66)64(75)82-65(4,5)6)58(68)81-63-57(80-62(74)50-29-17-10-18-30-50)56(79-61(73)49-27-15-9-16-28-49)55(78-60(72)48-25-13-8-14-26-48)53(77-63)42-76-59(71)47-23-11-7-12-24-47;/h7-19,22-32,40,44,53,55-57,63,68H,20-21,33-39,41-43,67H2,1-6H3;1H/b22-19+,54-52-,68-58?;/t53-,55-,56+,57-,63+;/m1./s1. The van der Waals surface area contributed by atoms with Crippen molar-refractivity contribution in [3.05, 3.63) is 196 Å². The minimum Gasteiger partial charge on any atom is -0.459 e. The number of likely N-dealkylation sites (tertiary alicyclic amines) is 2. The van der Waals surface area contributed by atoms with Gasteiger partial charge in [-0.1, -0.05) is 117 Å². The number of ether oxygens (including phenoxy) is 7. The van der Waals surface area contributed by atoms with Crippen molar-refractivity contribution in [1.29, 1.82) is 5.41 Å². The van der Waals surface area contributed by atoms with Gasteiger partial charge in [-0.2, -0.15) is 0 Å². The van der Waals surface area contributed by atoms with Crippen molar-refractivity contribution >= 4 is 41.9 Å². The number of rotatable bonds is 18. The van der Waals surface area contributed by atoms with E-state index in [1.165, 1.54) is 42.8 Å². The Hall–Kier alpha value is -8.08. The first-order valence-corrected chi connectivity index (χ1v) is 28.2. The molecule has 16 nitrogen and oxygen atoms in total. The summed E-state index contributed by atoms with van der Waals surface area (Å²) in [5.74, 6) is -4.00. The molecule has 16 heteroatoms. The zero-order valence-electron chi connectivity index (χ0n) is 47.8. The van der Waals surface area contributed by atoms with E-state index in [1.54, 1.807) is 84.9 Å². The van der Waals surface area contributed by atoms with Gasteiger partial charge in [-0.05, 0) is 143 Å². The van der Waals surface area contributed by atoms with Crippen LogP contribution in [0.4, 0.5) is 4.79 Å². The van der Waals surface area contributed by atoms with Crippen LogP contribution >= 0.6 is 0 Å². The normalized spacial score (nSPS) is 20.3. The van der Waals surface area contributed by atoms with Crippen molar-refractivity contribution in [3.63, 3.8) is 0 Å². The largest absolute Gasteiger partial charge is 0.459 e. The molecule has 3 aliphatic heterocycles. The fourth-order valence-corrected chi connectivity index (χ4v) is 10.6. The van der Waals surface area contributed by atoms with Gasteiger partial charge in [0.1, 0.15) is 18.3 Å². The van der Waals surface area contributed by atoms with Crippen LogP contribution in [0.3, 0.4) is 0 Å². The molecule has 82 heavy (non-hydrogen) atoms. The van der Waals surface area contributed by atoms with Crippen LogP contribution in [-0.2, 0) is 39.6 Å². The van der Waals surface area contributed by atoms with E-state index < -0.39 is 72.7 Å². The Morgan fingerprint density at radius 3 is 1.76 bits per heavy atom. The zero-order chi connectivity index (χ0) is 58.4. The van der Waals surface area contributed by atoms with Crippen molar-refractivity contribution in [2.75, 3.05) is 39.3 Å². The van der Waals surface area contributed by atoms with Gasteiger partial charge >= 0.3 is 30.0 Å². The van der Waals surface area contributed by atoms with Crippen LogP contribution in [0, 0.1) is 23.7 Å². The van der Waals surface area contributed by atoms with Gasteiger partial charge in [0.2, 0.25) is 18.3 Å². The number of hydrogen-bond acceptors (Lipinski definition) is 15. The van der Waals surface area contributed by atoms with Crippen molar-refractivity contribution < 1.29 is 58.6 Å². The second-order valence-electron chi connectivity index (χ2n) is 22.7. The lowest BCUT2D eigenvalue weighted by Crippen LogP contribution is -2.63. The van der Waals surface area contributed by atoms with Gasteiger partial charge in [0.25, 0.3) is 0 Å². The number of nitrogens with one attached hydrogen (secondary N) is 1. The monoisotopic (exact) mass is 1120 g/mol. The van der Waals surface area contributed by atoms with E-state index in [0.717, 1.165) is 75.1 Å². The number of aryl methyl sites for hydroxylation is 1. The molecule has 0 aromatic heterocycles. The highest BCUT2D eigenvalue weighted by Gasteiger charge is 2.55. The molecular weight excluding hydrogens is 1040 g/mol. The van der Waals surface area contributed by atoms with Crippen molar-refractivity contribution in [2.24, 2.45) is 17.1 Å². The van der Waals surface area contributed by atoms with Crippen molar-refractivity contribution in [3.8, 4) is 0 Å². The highest BCUT2D eigenvalue weighted by molar-refractivity contribution is 5.93. The molecule has 3 aliphatic rings. The topological polar surface area (TPSA) is 206 Å². The summed E-state index contributed by atoms with van der Waals surface area (Å²) in [5, 5.41) is 9.69. The predicted molar refractivity (Wildman–Crippen MR) is 313 cm³/mol. The molecule has 3 fully saturated rings. The fraction of sp³-hybridized carbons (Fsp3) is 0.394. The maximum atomic E-state index is 14.2. The zero-order valence-corrected chi connectivity index (χ0v) is 47.8. The molecule has 3 N–H and O–H groups in total. The summed E-state index contributed by atoms with van der Waals surface area (Å²) >= 11 is 0. The lowest BCUT2D eigenvalue weighted by atomic mass is 9.72. The quantitative estimate of drug-likeness (QED) is 0.0362. The van der Waals surface area contributed by atoms with Crippen LogP contribution in [0.25, 0.3) is 6.08 Å². The van der Waals surface area contributed by atoms with Gasteiger partial charge in [-0.15, -0.1) is 0 Å². The first kappa shape index (κ1) is 60.0. The number of carbonyl (C=O) groups is 5. The van der Waals surface area contributed by atoms with Gasteiger partial charge in [0.05, 0.1) is 22.3 Å². The average molecular weight is 1120 g/mol. The average Bonchev–Trinajstić information content (AvgIpc) is 3.66. The Balaban J connectivity index is 0.00000990.